The predicted molar refractivity (Wildman–Crippen MR) is 48.8 cm³/mol. The zero-order valence-electron chi connectivity index (χ0n) is 7.73. The monoisotopic (exact) mass is 164 g/mol. The molecule has 2 atom stereocenters. The number of carbonyl (C=O) groups excluding carboxylic acids is 1. The molecule has 1 spiro atoms. The van der Waals surface area contributed by atoms with E-state index in [0.29, 0.717) is 11.7 Å². The third-order valence-electron chi connectivity index (χ3n) is 3.82. The van der Waals surface area contributed by atoms with Crippen molar-refractivity contribution in [2.75, 3.05) is 0 Å². The van der Waals surface area contributed by atoms with Crippen LogP contribution in [0.25, 0.3) is 0 Å². The first-order chi connectivity index (χ1) is 5.68. The van der Waals surface area contributed by atoms with Gasteiger partial charge in [-0.05, 0) is 31.6 Å². The highest BCUT2D eigenvalue weighted by Gasteiger charge is 2.51. The number of hydrogen-bond donors (Lipinski definition) is 0. The lowest BCUT2D eigenvalue weighted by Crippen LogP contribution is -2.29. The van der Waals surface area contributed by atoms with Gasteiger partial charge in [0, 0.05) is 6.42 Å². The van der Waals surface area contributed by atoms with E-state index in [0.717, 1.165) is 25.7 Å². The third kappa shape index (κ3) is 0.769. The Kier molecular flexibility index (Phi) is 1.64. The van der Waals surface area contributed by atoms with Crippen LogP contribution in [0.3, 0.4) is 0 Å². The van der Waals surface area contributed by atoms with E-state index in [-0.39, 0.29) is 5.41 Å². The molecule has 2 aliphatic rings. The number of carbonyl (C=O) groups is 1. The lowest BCUT2D eigenvalue weighted by molar-refractivity contribution is -0.124. The van der Waals surface area contributed by atoms with E-state index >= 15 is 0 Å². The molecule has 0 aromatic heterocycles. The second-order valence-electron chi connectivity index (χ2n) is 4.29. The van der Waals surface area contributed by atoms with Gasteiger partial charge in [0.05, 0.1) is 5.41 Å². The van der Waals surface area contributed by atoms with Crippen molar-refractivity contribution in [3.8, 4) is 0 Å². The fourth-order valence-electron chi connectivity index (χ4n) is 3.00. The molecular formula is C11H16O. The van der Waals surface area contributed by atoms with Crippen LogP contribution in [-0.4, -0.2) is 5.78 Å². The summed E-state index contributed by atoms with van der Waals surface area (Å²) in [5, 5.41) is 0. The summed E-state index contributed by atoms with van der Waals surface area (Å²) in [6, 6.07) is 0. The molecule has 2 fully saturated rings. The Balaban J connectivity index is 2.39. The highest BCUT2D eigenvalue weighted by Crippen LogP contribution is 2.54. The minimum absolute atomic E-state index is 0.0694. The van der Waals surface area contributed by atoms with Gasteiger partial charge in [0.1, 0.15) is 5.78 Å². The van der Waals surface area contributed by atoms with Crippen LogP contribution in [0, 0.1) is 11.3 Å². The maximum atomic E-state index is 11.8. The lowest BCUT2D eigenvalue weighted by Gasteiger charge is -2.28. The quantitative estimate of drug-likeness (QED) is 0.503. The van der Waals surface area contributed by atoms with Crippen LogP contribution in [0.4, 0.5) is 0 Å². The molecule has 0 unspecified atom stereocenters. The van der Waals surface area contributed by atoms with Crippen molar-refractivity contribution in [2.45, 2.75) is 39.0 Å². The molecule has 0 aromatic rings. The summed E-state index contributed by atoms with van der Waals surface area (Å²) in [6.07, 6.45) is 5.20. The number of allylic oxidation sites excluding steroid dienone is 1. The van der Waals surface area contributed by atoms with Gasteiger partial charge in [-0.3, -0.25) is 4.79 Å². The average molecular weight is 164 g/mol. The van der Waals surface area contributed by atoms with E-state index in [1.807, 2.05) is 0 Å². The Morgan fingerprint density at radius 2 is 2.25 bits per heavy atom. The van der Waals surface area contributed by atoms with Gasteiger partial charge in [-0.2, -0.15) is 0 Å². The van der Waals surface area contributed by atoms with Crippen molar-refractivity contribution in [1.29, 1.82) is 0 Å². The zero-order valence-corrected chi connectivity index (χ0v) is 7.73. The molecule has 1 heteroatoms. The first kappa shape index (κ1) is 8.03. The van der Waals surface area contributed by atoms with Crippen molar-refractivity contribution < 1.29 is 4.79 Å². The first-order valence-corrected chi connectivity index (χ1v) is 4.89. The SMILES string of the molecule is C=C1CCC[C@]12C(=O)CC[C@@H]2C. The molecule has 0 saturated heterocycles. The molecule has 12 heavy (non-hydrogen) atoms. The highest BCUT2D eigenvalue weighted by molar-refractivity contribution is 5.90. The number of hydrogen-bond acceptors (Lipinski definition) is 1. The second kappa shape index (κ2) is 2.45. The Hall–Kier alpha value is -0.590. The van der Waals surface area contributed by atoms with E-state index in [2.05, 4.69) is 13.5 Å². The van der Waals surface area contributed by atoms with Gasteiger partial charge in [0.2, 0.25) is 0 Å². The maximum absolute atomic E-state index is 11.8. The minimum atomic E-state index is -0.0694. The van der Waals surface area contributed by atoms with Gasteiger partial charge >= 0.3 is 0 Å². The summed E-state index contributed by atoms with van der Waals surface area (Å²) >= 11 is 0. The summed E-state index contributed by atoms with van der Waals surface area (Å²) < 4.78 is 0. The molecular weight excluding hydrogens is 148 g/mol. The highest BCUT2D eigenvalue weighted by atomic mass is 16.1. The van der Waals surface area contributed by atoms with E-state index in [1.165, 1.54) is 12.0 Å². The molecule has 0 N–H and O–H groups in total. The molecule has 0 aliphatic heterocycles. The standard InChI is InChI=1S/C11H16O/c1-8-4-3-7-11(8)9(2)5-6-10(11)12/h9H,1,3-7H2,2H3/t9-,11-/m0/s1. The van der Waals surface area contributed by atoms with E-state index in [1.54, 1.807) is 0 Å². The van der Waals surface area contributed by atoms with Crippen molar-refractivity contribution in [3.63, 3.8) is 0 Å². The Morgan fingerprint density at radius 3 is 2.67 bits per heavy atom. The van der Waals surface area contributed by atoms with Crippen LogP contribution in [0.2, 0.25) is 0 Å². The Morgan fingerprint density at radius 1 is 1.50 bits per heavy atom. The van der Waals surface area contributed by atoms with Gasteiger partial charge in [0.25, 0.3) is 0 Å². The molecule has 2 aliphatic carbocycles. The smallest absolute Gasteiger partial charge is 0.143 e. The third-order valence-corrected chi connectivity index (χ3v) is 3.82. The fraction of sp³-hybridized carbons (Fsp3) is 0.727. The van der Waals surface area contributed by atoms with Crippen LogP contribution in [0.5, 0.6) is 0 Å². The van der Waals surface area contributed by atoms with Crippen LogP contribution in [-0.2, 0) is 4.79 Å². The summed E-state index contributed by atoms with van der Waals surface area (Å²) in [7, 11) is 0. The van der Waals surface area contributed by atoms with E-state index < -0.39 is 0 Å². The predicted octanol–water partition coefficient (Wildman–Crippen LogP) is 2.71. The Labute approximate surface area is 73.8 Å². The average Bonchev–Trinajstić information content (AvgIpc) is 2.53. The van der Waals surface area contributed by atoms with Gasteiger partial charge < -0.3 is 0 Å². The van der Waals surface area contributed by atoms with Crippen LogP contribution >= 0.6 is 0 Å². The van der Waals surface area contributed by atoms with E-state index in [9.17, 15) is 4.79 Å². The van der Waals surface area contributed by atoms with Gasteiger partial charge in [-0.25, -0.2) is 0 Å². The molecule has 0 amide bonds. The van der Waals surface area contributed by atoms with Crippen LogP contribution < -0.4 is 0 Å². The van der Waals surface area contributed by atoms with Crippen molar-refractivity contribution >= 4 is 5.78 Å². The number of rotatable bonds is 0. The zero-order chi connectivity index (χ0) is 8.77. The van der Waals surface area contributed by atoms with Crippen LogP contribution in [0.1, 0.15) is 39.0 Å². The summed E-state index contributed by atoms with van der Waals surface area (Å²) in [5.74, 6) is 1.03. The second-order valence-corrected chi connectivity index (χ2v) is 4.29. The summed E-state index contributed by atoms with van der Waals surface area (Å²) in [6.45, 7) is 6.28. The first-order valence-electron chi connectivity index (χ1n) is 4.89. The number of ketones is 1. The maximum Gasteiger partial charge on any atom is 0.143 e. The largest absolute Gasteiger partial charge is 0.299 e. The van der Waals surface area contributed by atoms with Gasteiger partial charge in [-0.1, -0.05) is 19.1 Å². The molecule has 2 rings (SSSR count). The lowest BCUT2D eigenvalue weighted by atomic mass is 9.74. The molecule has 0 bridgehead atoms. The minimum Gasteiger partial charge on any atom is -0.299 e. The van der Waals surface area contributed by atoms with Gasteiger partial charge in [0.15, 0.2) is 0 Å². The van der Waals surface area contributed by atoms with Crippen molar-refractivity contribution in [2.24, 2.45) is 11.3 Å². The van der Waals surface area contributed by atoms with E-state index in [4.69, 9.17) is 0 Å². The van der Waals surface area contributed by atoms with Crippen LogP contribution in [0.15, 0.2) is 12.2 Å². The van der Waals surface area contributed by atoms with Gasteiger partial charge in [-0.15, -0.1) is 0 Å². The molecule has 2 saturated carbocycles. The Bertz CT molecular complexity index is 231. The van der Waals surface area contributed by atoms with Crippen molar-refractivity contribution in [3.05, 3.63) is 12.2 Å². The molecule has 1 nitrogen and oxygen atoms in total. The normalized spacial score (nSPS) is 41.6. The fourth-order valence-corrected chi connectivity index (χ4v) is 3.00. The molecule has 66 valence electrons. The summed E-state index contributed by atoms with van der Waals surface area (Å²) in [4.78, 5) is 11.8. The molecule has 0 heterocycles. The topological polar surface area (TPSA) is 17.1 Å². The number of Topliss-reactive ketones (excluding diaryl/α,β-unsaturated/α-hetero) is 1. The molecule has 0 radical (unpaired) electrons. The van der Waals surface area contributed by atoms with Crippen molar-refractivity contribution in [1.82, 2.24) is 0 Å². The summed E-state index contributed by atoms with van der Waals surface area (Å²) in [5.41, 5.74) is 1.15. The molecule has 0 aromatic carbocycles.